The van der Waals surface area contributed by atoms with Crippen molar-refractivity contribution in [3.8, 4) is 0 Å². The Morgan fingerprint density at radius 3 is 2.79 bits per heavy atom. The molecular formula is C22H21ClFN7O2. The summed E-state index contributed by atoms with van der Waals surface area (Å²) in [6.45, 7) is -0.546. The van der Waals surface area contributed by atoms with Crippen LogP contribution in [-0.4, -0.2) is 32.0 Å². The lowest BCUT2D eigenvalue weighted by atomic mass is 10.2. The number of amides is 1. The zero-order valence-corrected chi connectivity index (χ0v) is 18.4. The van der Waals surface area contributed by atoms with Crippen molar-refractivity contribution in [3.05, 3.63) is 69.7 Å². The molecule has 0 fully saturated rings. The smallest absolute Gasteiger partial charge is 0.262 e. The van der Waals surface area contributed by atoms with Crippen molar-refractivity contribution >= 4 is 51.4 Å². The van der Waals surface area contributed by atoms with E-state index in [1.54, 1.807) is 30.9 Å². The number of halogens is 2. The fourth-order valence-corrected chi connectivity index (χ4v) is 3.84. The number of aromatic nitrogens is 4. The quantitative estimate of drug-likeness (QED) is 0.369. The summed E-state index contributed by atoms with van der Waals surface area (Å²) in [5.41, 5.74) is 0.564. The first-order chi connectivity index (χ1) is 17.0. The molecule has 0 bridgehead atoms. The molecule has 0 aromatic carbocycles. The van der Waals surface area contributed by atoms with E-state index < -0.39 is 18.8 Å². The number of nitrogens with zero attached hydrogens (tertiary/aromatic N) is 4. The second-order valence-electron chi connectivity index (χ2n) is 7.11. The van der Waals surface area contributed by atoms with Crippen LogP contribution >= 0.6 is 11.6 Å². The van der Waals surface area contributed by atoms with E-state index in [1.165, 1.54) is 28.8 Å². The molecular weight excluding hydrogens is 449 g/mol. The van der Waals surface area contributed by atoms with Crippen LogP contribution < -0.4 is 21.5 Å². The molecule has 4 aromatic rings. The van der Waals surface area contributed by atoms with Crippen molar-refractivity contribution < 1.29 is 13.3 Å². The second kappa shape index (κ2) is 8.91. The lowest BCUT2D eigenvalue weighted by Crippen LogP contribution is -2.20. The molecule has 4 heterocycles. The highest BCUT2D eigenvalue weighted by Crippen LogP contribution is 2.32. The van der Waals surface area contributed by atoms with E-state index in [2.05, 4.69) is 20.6 Å². The minimum Gasteiger partial charge on any atom is -0.355 e. The topological polar surface area (TPSA) is 106 Å². The molecule has 4 rings (SSSR count). The van der Waals surface area contributed by atoms with E-state index in [0.717, 1.165) is 6.20 Å². The molecule has 0 atom stereocenters. The van der Waals surface area contributed by atoms with E-state index in [-0.39, 0.29) is 33.8 Å². The van der Waals surface area contributed by atoms with Crippen LogP contribution in [0, 0.1) is 5.95 Å². The van der Waals surface area contributed by atoms with Gasteiger partial charge in [0, 0.05) is 49.3 Å². The molecule has 11 heteroatoms. The molecule has 3 N–H and O–H groups in total. The zero-order valence-electron chi connectivity index (χ0n) is 20.6. The van der Waals surface area contributed by atoms with Gasteiger partial charge < -0.3 is 25.1 Å². The van der Waals surface area contributed by atoms with Crippen molar-refractivity contribution in [3.63, 3.8) is 0 Å². The molecule has 4 aromatic heterocycles. The number of pyridine rings is 3. The van der Waals surface area contributed by atoms with Gasteiger partial charge in [0.15, 0.2) is 0 Å². The summed E-state index contributed by atoms with van der Waals surface area (Å²) in [5, 5.41) is 8.45. The lowest BCUT2D eigenvalue weighted by molar-refractivity contribution is 0.0963. The Kier molecular flexibility index (Phi) is 5.03. The predicted octanol–water partition coefficient (Wildman–Crippen LogP) is 3.79. The molecule has 0 aliphatic rings. The van der Waals surface area contributed by atoms with E-state index in [4.69, 9.17) is 15.7 Å². The van der Waals surface area contributed by atoms with E-state index in [9.17, 15) is 14.0 Å². The SMILES string of the molecule is [2H]C([2H])([2H])NC(=O)c1cnc(Nc2cccc(F)n2)cc1Nc1cn(C)c2c(Cl)cn(CC)c(=O)c12. The fourth-order valence-electron chi connectivity index (χ4n) is 3.49. The lowest BCUT2D eigenvalue weighted by Gasteiger charge is -2.13. The van der Waals surface area contributed by atoms with Gasteiger partial charge in [-0.1, -0.05) is 17.7 Å². The number of rotatable bonds is 6. The van der Waals surface area contributed by atoms with E-state index in [1.807, 2.05) is 5.32 Å². The molecule has 0 aliphatic heterocycles. The highest BCUT2D eigenvalue weighted by atomic mass is 35.5. The number of hydrogen-bond acceptors (Lipinski definition) is 6. The first-order valence-corrected chi connectivity index (χ1v) is 10.2. The van der Waals surface area contributed by atoms with Gasteiger partial charge in [0.25, 0.3) is 11.5 Å². The summed E-state index contributed by atoms with van der Waals surface area (Å²) in [6, 6.07) is 5.58. The maximum atomic E-state index is 13.5. The van der Waals surface area contributed by atoms with Crippen LogP contribution in [0.3, 0.4) is 0 Å². The van der Waals surface area contributed by atoms with Crippen molar-refractivity contribution in [2.45, 2.75) is 13.5 Å². The largest absolute Gasteiger partial charge is 0.355 e. The average molecular weight is 473 g/mol. The number of anilines is 4. The molecule has 0 aliphatic carbocycles. The molecule has 0 radical (unpaired) electrons. The van der Waals surface area contributed by atoms with Crippen LogP contribution in [0.4, 0.5) is 27.4 Å². The summed E-state index contributed by atoms with van der Waals surface area (Å²) in [6.07, 6.45) is 4.34. The summed E-state index contributed by atoms with van der Waals surface area (Å²) in [4.78, 5) is 33.7. The van der Waals surface area contributed by atoms with Gasteiger partial charge in [-0.05, 0) is 19.1 Å². The number of fused-ring (bicyclic) bond motifs is 1. The third-order valence-electron chi connectivity index (χ3n) is 5.00. The number of nitrogens with one attached hydrogen (secondary N) is 3. The summed E-state index contributed by atoms with van der Waals surface area (Å²) < 4.78 is 38.7. The number of hydrogen-bond donors (Lipinski definition) is 3. The van der Waals surface area contributed by atoms with Crippen molar-refractivity contribution in [2.75, 3.05) is 17.6 Å². The third kappa shape index (κ3) is 4.24. The Balaban J connectivity index is 1.83. The maximum Gasteiger partial charge on any atom is 0.262 e. The Bertz CT molecular complexity index is 1530. The van der Waals surface area contributed by atoms with Crippen molar-refractivity contribution in [1.82, 2.24) is 24.4 Å². The van der Waals surface area contributed by atoms with Gasteiger partial charge in [-0.25, -0.2) is 9.97 Å². The average Bonchev–Trinajstić information content (AvgIpc) is 3.11. The first kappa shape index (κ1) is 18.6. The fraction of sp³-hybridized carbons (Fsp3) is 0.182. The normalized spacial score (nSPS) is 12.7. The Labute approximate surface area is 197 Å². The molecule has 33 heavy (non-hydrogen) atoms. The molecule has 170 valence electrons. The van der Waals surface area contributed by atoms with Crippen LogP contribution in [0.25, 0.3) is 10.9 Å². The minimum atomic E-state index is -2.74. The third-order valence-corrected chi connectivity index (χ3v) is 5.27. The van der Waals surface area contributed by atoms with Crippen molar-refractivity contribution in [1.29, 1.82) is 0 Å². The van der Waals surface area contributed by atoms with Crippen LogP contribution in [0.1, 0.15) is 21.4 Å². The maximum absolute atomic E-state index is 13.5. The monoisotopic (exact) mass is 472 g/mol. The van der Waals surface area contributed by atoms with Crippen LogP contribution in [0.15, 0.2) is 47.7 Å². The zero-order chi connectivity index (χ0) is 26.2. The summed E-state index contributed by atoms with van der Waals surface area (Å²) in [5.74, 6) is -1.27. The molecule has 0 spiro atoms. The van der Waals surface area contributed by atoms with Gasteiger partial charge >= 0.3 is 0 Å². The highest BCUT2D eigenvalue weighted by molar-refractivity contribution is 6.35. The van der Waals surface area contributed by atoms with Gasteiger partial charge in [0.1, 0.15) is 11.6 Å². The van der Waals surface area contributed by atoms with E-state index >= 15 is 0 Å². The minimum absolute atomic E-state index is 0.0984. The predicted molar refractivity (Wildman–Crippen MR) is 126 cm³/mol. The summed E-state index contributed by atoms with van der Waals surface area (Å²) in [7, 11) is 1.71. The Morgan fingerprint density at radius 2 is 2.06 bits per heavy atom. The molecule has 0 saturated carbocycles. The second-order valence-corrected chi connectivity index (χ2v) is 7.52. The van der Waals surface area contributed by atoms with Gasteiger partial charge in [-0.3, -0.25) is 9.59 Å². The number of aryl methyl sites for hydroxylation is 2. The first-order valence-electron chi connectivity index (χ1n) is 11.3. The molecule has 1 amide bonds. The van der Waals surface area contributed by atoms with Crippen molar-refractivity contribution in [2.24, 2.45) is 7.05 Å². The highest BCUT2D eigenvalue weighted by Gasteiger charge is 2.19. The van der Waals surface area contributed by atoms with Crippen LogP contribution in [0.2, 0.25) is 5.02 Å². The van der Waals surface area contributed by atoms with Gasteiger partial charge in [0.05, 0.1) is 32.9 Å². The standard InChI is InChI=1S/C22H21ClFN7O2/c1-4-31-10-13(23)20-19(22(31)33)15(11-30(20)3)27-14-8-18(26-9-12(14)21(32)25-2)29-17-7-5-6-16(24)28-17/h5-11H,4H2,1-3H3,(H,25,32)(H2,26,27,28,29)/i2D3. The summed E-state index contributed by atoms with van der Waals surface area (Å²) >= 11 is 6.42. The van der Waals surface area contributed by atoms with E-state index in [0.29, 0.717) is 22.8 Å². The number of carbonyl (C=O) groups excluding carboxylic acids is 1. The molecule has 0 saturated heterocycles. The van der Waals surface area contributed by atoms with Crippen LogP contribution in [0.5, 0.6) is 0 Å². The van der Waals surface area contributed by atoms with Gasteiger partial charge in [-0.15, -0.1) is 0 Å². The Morgan fingerprint density at radius 1 is 1.24 bits per heavy atom. The molecule has 9 nitrogen and oxygen atoms in total. The van der Waals surface area contributed by atoms with Gasteiger partial charge in [-0.2, -0.15) is 4.39 Å². The Hall–Kier alpha value is -3.92. The number of carbonyl (C=O) groups is 1. The van der Waals surface area contributed by atoms with Crippen LogP contribution in [-0.2, 0) is 13.6 Å². The molecule has 0 unspecified atom stereocenters. The van der Waals surface area contributed by atoms with Gasteiger partial charge in [0.2, 0.25) is 5.95 Å².